The van der Waals surface area contributed by atoms with Crippen LogP contribution < -0.4 is 10.2 Å². The van der Waals surface area contributed by atoms with Crippen LogP contribution in [0.2, 0.25) is 0 Å². The highest BCUT2D eigenvalue weighted by atomic mass is 19.1. The lowest BCUT2D eigenvalue weighted by atomic mass is 10.0. The molecule has 0 amide bonds. The number of aromatic nitrogens is 3. The number of rotatable bonds is 4. The number of nitriles is 1. The second-order valence-corrected chi connectivity index (χ2v) is 8.90. The lowest BCUT2D eigenvalue weighted by Gasteiger charge is -2.22. The molecule has 2 unspecified atom stereocenters. The molecule has 2 aromatic heterocycles. The standard InChI is InChI=1S/C25H23FN6O/c1-15-16(9-27)3-2-4-17(15)10-29-24-20-7-23(31-11-18-13-33-14-19(18)12-31)21(26)8-22(20)32-6-5-28-25(32)30-24/h2-8,18-19H,10-14H2,1H3,(H,28,29,30). The zero-order chi connectivity index (χ0) is 22.5. The molecule has 2 aromatic carbocycles. The number of hydrogen-bond acceptors (Lipinski definition) is 6. The molecule has 6 rings (SSSR count). The van der Waals surface area contributed by atoms with E-state index < -0.39 is 0 Å². The highest BCUT2D eigenvalue weighted by Gasteiger charge is 2.38. The second-order valence-electron chi connectivity index (χ2n) is 8.90. The van der Waals surface area contributed by atoms with E-state index in [0.29, 0.717) is 46.7 Å². The van der Waals surface area contributed by atoms with E-state index >= 15 is 4.39 Å². The maximum absolute atomic E-state index is 15.3. The van der Waals surface area contributed by atoms with Gasteiger partial charge in [-0.25, -0.2) is 9.37 Å². The third-order valence-electron chi connectivity index (χ3n) is 7.01. The molecule has 0 bridgehead atoms. The van der Waals surface area contributed by atoms with Crippen LogP contribution in [-0.2, 0) is 11.3 Å². The van der Waals surface area contributed by atoms with Crippen LogP contribution in [0.5, 0.6) is 0 Å². The van der Waals surface area contributed by atoms with E-state index in [0.717, 1.165) is 42.8 Å². The topological polar surface area (TPSA) is 78.5 Å². The van der Waals surface area contributed by atoms with Gasteiger partial charge in [0.05, 0.1) is 36.1 Å². The van der Waals surface area contributed by atoms with Gasteiger partial charge < -0.3 is 15.0 Å². The molecule has 33 heavy (non-hydrogen) atoms. The molecule has 2 atom stereocenters. The van der Waals surface area contributed by atoms with Crippen molar-refractivity contribution in [1.29, 1.82) is 5.26 Å². The molecule has 2 saturated heterocycles. The lowest BCUT2D eigenvalue weighted by Crippen LogP contribution is -2.23. The van der Waals surface area contributed by atoms with E-state index in [9.17, 15) is 5.26 Å². The fourth-order valence-corrected chi connectivity index (χ4v) is 5.10. The van der Waals surface area contributed by atoms with Gasteiger partial charge in [-0.15, -0.1) is 0 Å². The van der Waals surface area contributed by atoms with Crippen molar-refractivity contribution in [3.05, 3.63) is 65.2 Å². The molecule has 4 heterocycles. The van der Waals surface area contributed by atoms with Gasteiger partial charge in [0.2, 0.25) is 5.78 Å². The molecule has 0 aliphatic carbocycles. The summed E-state index contributed by atoms with van der Waals surface area (Å²) in [5.74, 6) is 1.83. The summed E-state index contributed by atoms with van der Waals surface area (Å²) in [6.07, 6.45) is 3.46. The van der Waals surface area contributed by atoms with Crippen LogP contribution in [0.15, 0.2) is 42.7 Å². The molecule has 7 nitrogen and oxygen atoms in total. The molecule has 2 aliphatic heterocycles. The average Bonchev–Trinajstić information content (AvgIpc) is 3.54. The predicted molar refractivity (Wildman–Crippen MR) is 124 cm³/mol. The van der Waals surface area contributed by atoms with Gasteiger partial charge in [-0.1, -0.05) is 12.1 Å². The Hall–Kier alpha value is -3.70. The fraction of sp³-hybridized carbons (Fsp3) is 0.320. The van der Waals surface area contributed by atoms with E-state index in [2.05, 4.69) is 21.3 Å². The summed E-state index contributed by atoms with van der Waals surface area (Å²) >= 11 is 0. The second kappa shape index (κ2) is 7.71. The molecule has 0 radical (unpaired) electrons. The zero-order valence-corrected chi connectivity index (χ0v) is 18.3. The van der Waals surface area contributed by atoms with Gasteiger partial charge in [-0.05, 0) is 30.2 Å². The van der Waals surface area contributed by atoms with Crippen molar-refractivity contribution in [2.24, 2.45) is 11.8 Å². The van der Waals surface area contributed by atoms with Crippen molar-refractivity contribution in [3.8, 4) is 6.07 Å². The normalized spacial score (nSPS) is 19.8. The molecule has 0 spiro atoms. The van der Waals surface area contributed by atoms with Gasteiger partial charge in [0.1, 0.15) is 11.6 Å². The predicted octanol–water partition coefficient (Wildman–Crippen LogP) is 3.90. The highest BCUT2D eigenvalue weighted by Crippen LogP contribution is 2.36. The Balaban J connectivity index is 1.42. The van der Waals surface area contributed by atoms with Crippen LogP contribution in [0.3, 0.4) is 0 Å². The first kappa shape index (κ1) is 19.9. The number of nitrogens with zero attached hydrogens (tertiary/aromatic N) is 5. The van der Waals surface area contributed by atoms with E-state index in [4.69, 9.17) is 9.72 Å². The van der Waals surface area contributed by atoms with Gasteiger partial charge >= 0.3 is 0 Å². The third-order valence-corrected chi connectivity index (χ3v) is 7.01. The monoisotopic (exact) mass is 442 g/mol. The Morgan fingerprint density at radius 2 is 2.06 bits per heavy atom. The van der Waals surface area contributed by atoms with Gasteiger partial charge in [-0.3, -0.25) is 4.40 Å². The van der Waals surface area contributed by atoms with Crippen LogP contribution in [-0.4, -0.2) is 40.7 Å². The molecule has 2 fully saturated rings. The van der Waals surface area contributed by atoms with Crippen molar-refractivity contribution in [2.45, 2.75) is 13.5 Å². The number of halogens is 1. The van der Waals surface area contributed by atoms with E-state index in [-0.39, 0.29) is 5.82 Å². The van der Waals surface area contributed by atoms with E-state index in [1.165, 1.54) is 0 Å². The van der Waals surface area contributed by atoms with Crippen LogP contribution in [0.4, 0.5) is 15.9 Å². The molecule has 1 N–H and O–H groups in total. The fourth-order valence-electron chi connectivity index (χ4n) is 5.10. The summed E-state index contributed by atoms with van der Waals surface area (Å²) in [5, 5.41) is 13.6. The first-order chi connectivity index (χ1) is 16.1. The molecule has 4 aromatic rings. The van der Waals surface area contributed by atoms with Crippen molar-refractivity contribution in [3.63, 3.8) is 0 Å². The number of hydrogen-bond donors (Lipinski definition) is 1. The molecule has 166 valence electrons. The summed E-state index contributed by atoms with van der Waals surface area (Å²) in [7, 11) is 0. The van der Waals surface area contributed by atoms with Crippen molar-refractivity contribution >= 4 is 28.2 Å². The average molecular weight is 442 g/mol. The maximum Gasteiger partial charge on any atom is 0.236 e. The summed E-state index contributed by atoms with van der Waals surface area (Å²) in [4.78, 5) is 11.2. The summed E-state index contributed by atoms with van der Waals surface area (Å²) in [5.41, 5.74) is 3.93. The summed E-state index contributed by atoms with van der Waals surface area (Å²) < 4.78 is 22.7. The van der Waals surface area contributed by atoms with Crippen LogP contribution >= 0.6 is 0 Å². The zero-order valence-electron chi connectivity index (χ0n) is 18.3. The lowest BCUT2D eigenvalue weighted by molar-refractivity contribution is 0.177. The number of anilines is 2. The van der Waals surface area contributed by atoms with Gasteiger partial charge in [0, 0.05) is 55.3 Å². The Kier molecular flexibility index (Phi) is 4.66. The molecular formula is C25H23FN6O. The van der Waals surface area contributed by atoms with Gasteiger partial charge in [0.25, 0.3) is 0 Å². The Morgan fingerprint density at radius 1 is 1.24 bits per heavy atom. The summed E-state index contributed by atoms with van der Waals surface area (Å²) in [6, 6.07) is 11.4. The summed E-state index contributed by atoms with van der Waals surface area (Å²) in [6.45, 7) is 5.55. The molecular weight excluding hydrogens is 419 g/mol. The minimum atomic E-state index is -0.242. The van der Waals surface area contributed by atoms with Crippen molar-refractivity contribution < 1.29 is 9.13 Å². The smallest absolute Gasteiger partial charge is 0.236 e. The Labute approximate surface area is 190 Å². The number of benzene rings is 2. The number of nitrogens with one attached hydrogen (secondary N) is 1. The SMILES string of the molecule is Cc1c(C#N)cccc1CNc1nc2nccn2c2cc(F)c(N3CC4COCC4C3)cc12. The third kappa shape index (κ3) is 3.28. The first-order valence-electron chi connectivity index (χ1n) is 11.1. The number of fused-ring (bicyclic) bond motifs is 4. The van der Waals surface area contributed by atoms with Crippen LogP contribution in [0, 0.1) is 35.9 Å². The molecule has 2 aliphatic rings. The van der Waals surface area contributed by atoms with Gasteiger partial charge in [0.15, 0.2) is 0 Å². The van der Waals surface area contributed by atoms with Crippen molar-refractivity contribution in [2.75, 3.05) is 36.5 Å². The number of imidazole rings is 1. The van der Waals surface area contributed by atoms with Crippen LogP contribution in [0.25, 0.3) is 16.7 Å². The Bertz CT molecular complexity index is 1410. The number of ether oxygens (including phenoxy) is 1. The maximum atomic E-state index is 15.3. The van der Waals surface area contributed by atoms with Crippen LogP contribution in [0.1, 0.15) is 16.7 Å². The largest absolute Gasteiger partial charge is 0.381 e. The minimum Gasteiger partial charge on any atom is -0.381 e. The Morgan fingerprint density at radius 3 is 2.85 bits per heavy atom. The van der Waals surface area contributed by atoms with Crippen molar-refractivity contribution in [1.82, 2.24) is 14.4 Å². The highest BCUT2D eigenvalue weighted by molar-refractivity contribution is 5.94. The molecule has 8 heteroatoms. The minimum absolute atomic E-state index is 0.242. The van der Waals surface area contributed by atoms with Gasteiger partial charge in [-0.2, -0.15) is 10.2 Å². The van der Waals surface area contributed by atoms with E-state index in [1.54, 1.807) is 18.5 Å². The molecule has 0 saturated carbocycles. The quantitative estimate of drug-likeness (QED) is 0.517. The first-order valence-corrected chi connectivity index (χ1v) is 11.1. The van der Waals surface area contributed by atoms with E-state index in [1.807, 2.05) is 35.6 Å².